The smallest absolute Gasteiger partial charge is 0.236 e. The summed E-state index contributed by atoms with van der Waals surface area (Å²) in [4.78, 5) is 13.9. The van der Waals surface area contributed by atoms with Crippen molar-refractivity contribution in [3.63, 3.8) is 0 Å². The highest BCUT2D eigenvalue weighted by Crippen LogP contribution is 2.08. The second kappa shape index (κ2) is 7.63. The molecule has 1 aliphatic rings. The van der Waals surface area contributed by atoms with Crippen molar-refractivity contribution in [2.75, 3.05) is 26.2 Å². The maximum atomic E-state index is 11.4. The molecule has 16 heavy (non-hydrogen) atoms. The molecule has 1 rings (SSSR count). The fourth-order valence-corrected chi connectivity index (χ4v) is 2.01. The summed E-state index contributed by atoms with van der Waals surface area (Å²) in [5, 5.41) is 2.90. The molecule has 1 atom stereocenters. The van der Waals surface area contributed by atoms with Gasteiger partial charge in [-0.25, -0.2) is 0 Å². The normalized spacial score (nSPS) is 20.1. The highest BCUT2D eigenvalue weighted by molar-refractivity contribution is 5.81. The minimum Gasteiger partial charge on any atom is -0.353 e. The Labute approximate surface area is 98.6 Å². The molecule has 1 heterocycles. The molecule has 1 fully saturated rings. The second-order valence-corrected chi connectivity index (χ2v) is 4.56. The van der Waals surface area contributed by atoms with Gasteiger partial charge in [0, 0.05) is 13.1 Å². The molecule has 0 radical (unpaired) electrons. The monoisotopic (exact) mass is 227 g/mol. The quantitative estimate of drug-likeness (QED) is 0.727. The van der Waals surface area contributed by atoms with Crippen LogP contribution in [-0.4, -0.2) is 43.0 Å². The van der Waals surface area contributed by atoms with Crippen LogP contribution in [0.2, 0.25) is 0 Å². The molecule has 1 saturated heterocycles. The fourth-order valence-electron chi connectivity index (χ4n) is 2.01. The number of carbonyl (C=O) groups is 1. The van der Waals surface area contributed by atoms with Crippen molar-refractivity contribution in [1.82, 2.24) is 10.2 Å². The SMILES string of the molecule is CC[C@H](N)C(=O)NCCN1CCCCCC1. The number of carbonyl (C=O) groups excluding carboxylic acids is 1. The first-order valence-electron chi connectivity index (χ1n) is 6.49. The van der Waals surface area contributed by atoms with Crippen LogP contribution in [0.5, 0.6) is 0 Å². The lowest BCUT2D eigenvalue weighted by atomic mass is 10.2. The van der Waals surface area contributed by atoms with Crippen LogP contribution in [0.25, 0.3) is 0 Å². The lowest BCUT2D eigenvalue weighted by Gasteiger charge is -2.20. The Bertz CT molecular complexity index is 200. The van der Waals surface area contributed by atoms with Crippen molar-refractivity contribution in [2.24, 2.45) is 5.73 Å². The second-order valence-electron chi connectivity index (χ2n) is 4.56. The zero-order chi connectivity index (χ0) is 11.8. The van der Waals surface area contributed by atoms with Crippen LogP contribution >= 0.6 is 0 Å². The first-order chi connectivity index (χ1) is 7.74. The summed E-state index contributed by atoms with van der Waals surface area (Å²) in [6.07, 6.45) is 5.99. The Hall–Kier alpha value is -0.610. The number of nitrogens with two attached hydrogens (primary N) is 1. The van der Waals surface area contributed by atoms with Crippen molar-refractivity contribution in [3.8, 4) is 0 Å². The molecule has 94 valence electrons. The number of rotatable bonds is 5. The molecule has 0 bridgehead atoms. The molecule has 0 aromatic heterocycles. The highest BCUT2D eigenvalue weighted by atomic mass is 16.2. The van der Waals surface area contributed by atoms with Gasteiger partial charge in [-0.15, -0.1) is 0 Å². The average Bonchev–Trinajstić information content (AvgIpc) is 2.56. The van der Waals surface area contributed by atoms with E-state index in [1.165, 1.54) is 38.8 Å². The largest absolute Gasteiger partial charge is 0.353 e. The van der Waals surface area contributed by atoms with Crippen LogP contribution in [-0.2, 0) is 4.79 Å². The van der Waals surface area contributed by atoms with Crippen molar-refractivity contribution >= 4 is 5.91 Å². The molecule has 0 aromatic rings. The summed E-state index contributed by atoms with van der Waals surface area (Å²) in [5.41, 5.74) is 5.64. The van der Waals surface area contributed by atoms with E-state index in [-0.39, 0.29) is 11.9 Å². The van der Waals surface area contributed by atoms with E-state index >= 15 is 0 Å². The van der Waals surface area contributed by atoms with Gasteiger partial charge in [-0.3, -0.25) is 4.79 Å². The molecule has 0 saturated carbocycles. The maximum absolute atomic E-state index is 11.4. The van der Waals surface area contributed by atoms with E-state index in [9.17, 15) is 4.79 Å². The van der Waals surface area contributed by atoms with Crippen LogP contribution in [0.15, 0.2) is 0 Å². The van der Waals surface area contributed by atoms with E-state index in [4.69, 9.17) is 5.73 Å². The van der Waals surface area contributed by atoms with Gasteiger partial charge in [-0.05, 0) is 32.4 Å². The van der Waals surface area contributed by atoms with Crippen molar-refractivity contribution in [2.45, 2.75) is 45.1 Å². The van der Waals surface area contributed by atoms with Crippen LogP contribution < -0.4 is 11.1 Å². The number of amides is 1. The van der Waals surface area contributed by atoms with Crippen molar-refractivity contribution in [3.05, 3.63) is 0 Å². The summed E-state index contributed by atoms with van der Waals surface area (Å²) in [6, 6.07) is -0.343. The maximum Gasteiger partial charge on any atom is 0.236 e. The van der Waals surface area contributed by atoms with Crippen LogP contribution in [0.3, 0.4) is 0 Å². The molecule has 0 aliphatic carbocycles. The molecule has 4 heteroatoms. The highest BCUT2D eigenvalue weighted by Gasteiger charge is 2.11. The van der Waals surface area contributed by atoms with Gasteiger partial charge in [0.25, 0.3) is 0 Å². The fraction of sp³-hybridized carbons (Fsp3) is 0.917. The van der Waals surface area contributed by atoms with Gasteiger partial charge in [-0.2, -0.15) is 0 Å². The van der Waals surface area contributed by atoms with Crippen molar-refractivity contribution < 1.29 is 4.79 Å². The standard InChI is InChI=1S/C12H25N3O/c1-2-11(13)12(16)14-7-10-15-8-5-3-4-6-9-15/h11H,2-10,13H2,1H3,(H,14,16)/t11-/m0/s1. The van der Waals surface area contributed by atoms with E-state index in [1.807, 2.05) is 6.92 Å². The first kappa shape index (κ1) is 13.5. The molecule has 0 aromatic carbocycles. The number of nitrogens with one attached hydrogen (secondary N) is 1. The summed E-state index contributed by atoms with van der Waals surface area (Å²) in [5.74, 6) is -0.0164. The first-order valence-corrected chi connectivity index (χ1v) is 6.49. The number of hydrogen-bond donors (Lipinski definition) is 2. The van der Waals surface area contributed by atoms with Crippen LogP contribution in [0.4, 0.5) is 0 Å². The molecule has 0 spiro atoms. The third-order valence-corrected chi connectivity index (χ3v) is 3.20. The molecule has 0 unspecified atom stereocenters. The lowest BCUT2D eigenvalue weighted by molar-refractivity contribution is -0.122. The minimum atomic E-state index is -0.343. The van der Waals surface area contributed by atoms with E-state index in [0.29, 0.717) is 6.42 Å². The predicted octanol–water partition coefficient (Wildman–Crippen LogP) is 0.716. The summed E-state index contributed by atoms with van der Waals surface area (Å²) in [7, 11) is 0. The summed E-state index contributed by atoms with van der Waals surface area (Å²) in [6.45, 7) is 5.97. The Balaban J connectivity index is 2.11. The van der Waals surface area contributed by atoms with E-state index < -0.39 is 0 Å². The molecular weight excluding hydrogens is 202 g/mol. The number of nitrogens with zero attached hydrogens (tertiary/aromatic N) is 1. The van der Waals surface area contributed by atoms with Gasteiger partial charge in [0.1, 0.15) is 0 Å². The van der Waals surface area contributed by atoms with Gasteiger partial charge >= 0.3 is 0 Å². The molecule has 1 aliphatic heterocycles. The Morgan fingerprint density at radius 1 is 1.31 bits per heavy atom. The Morgan fingerprint density at radius 2 is 1.94 bits per heavy atom. The Morgan fingerprint density at radius 3 is 2.50 bits per heavy atom. The summed E-state index contributed by atoms with van der Waals surface area (Å²) < 4.78 is 0. The minimum absolute atomic E-state index is 0.0164. The third-order valence-electron chi connectivity index (χ3n) is 3.20. The van der Waals surface area contributed by atoms with Gasteiger partial charge in [-0.1, -0.05) is 19.8 Å². The van der Waals surface area contributed by atoms with Gasteiger partial charge in [0.05, 0.1) is 6.04 Å². The van der Waals surface area contributed by atoms with Gasteiger partial charge in [0.2, 0.25) is 5.91 Å². The van der Waals surface area contributed by atoms with E-state index in [1.54, 1.807) is 0 Å². The molecule has 3 N–H and O–H groups in total. The molecule has 1 amide bonds. The lowest BCUT2D eigenvalue weighted by Crippen LogP contribution is -2.43. The zero-order valence-electron chi connectivity index (χ0n) is 10.4. The van der Waals surface area contributed by atoms with E-state index in [2.05, 4.69) is 10.2 Å². The van der Waals surface area contributed by atoms with Gasteiger partial charge < -0.3 is 16.0 Å². The average molecular weight is 227 g/mol. The predicted molar refractivity (Wildman–Crippen MR) is 66.2 cm³/mol. The molecular formula is C12H25N3O. The van der Waals surface area contributed by atoms with Crippen molar-refractivity contribution in [1.29, 1.82) is 0 Å². The third kappa shape index (κ3) is 4.94. The number of likely N-dealkylation sites (tertiary alicyclic amines) is 1. The molecule has 4 nitrogen and oxygen atoms in total. The topological polar surface area (TPSA) is 58.4 Å². The van der Waals surface area contributed by atoms with Crippen LogP contribution in [0.1, 0.15) is 39.0 Å². The zero-order valence-corrected chi connectivity index (χ0v) is 10.4. The van der Waals surface area contributed by atoms with Gasteiger partial charge in [0.15, 0.2) is 0 Å². The van der Waals surface area contributed by atoms with Crippen LogP contribution in [0, 0.1) is 0 Å². The number of hydrogen-bond acceptors (Lipinski definition) is 3. The van der Waals surface area contributed by atoms with E-state index in [0.717, 1.165) is 13.1 Å². The Kier molecular flexibility index (Phi) is 6.42. The summed E-state index contributed by atoms with van der Waals surface area (Å²) >= 11 is 0.